The van der Waals surface area contributed by atoms with E-state index < -0.39 is 5.97 Å². The van der Waals surface area contributed by atoms with Crippen LogP contribution in [-0.4, -0.2) is 19.6 Å². The fourth-order valence-electron chi connectivity index (χ4n) is 1.27. The van der Waals surface area contributed by atoms with Gasteiger partial charge >= 0.3 is 5.97 Å². The predicted octanol–water partition coefficient (Wildman–Crippen LogP) is 3.12. The third kappa shape index (κ3) is 3.95. The number of halogens is 2. The number of carbonyl (C=O) groups is 1. The van der Waals surface area contributed by atoms with E-state index in [1.165, 1.54) is 6.08 Å². The van der Waals surface area contributed by atoms with Gasteiger partial charge in [0.05, 0.1) is 16.7 Å². The summed E-state index contributed by atoms with van der Waals surface area (Å²) in [5, 5.41) is 3.83. The summed E-state index contributed by atoms with van der Waals surface area (Å²) in [7, 11) is 1.72. The van der Waals surface area contributed by atoms with Gasteiger partial charge in [-0.15, -0.1) is 0 Å². The molecule has 0 unspecified atom stereocenters. The highest BCUT2D eigenvalue weighted by atomic mass is 35.5. The molecule has 0 bridgehead atoms. The average molecular weight is 274 g/mol. The van der Waals surface area contributed by atoms with Gasteiger partial charge in [-0.3, -0.25) is 0 Å². The molecule has 1 aromatic rings. The van der Waals surface area contributed by atoms with E-state index in [0.29, 0.717) is 22.3 Å². The molecule has 0 fully saturated rings. The average Bonchev–Trinajstić information content (AvgIpc) is 2.30. The van der Waals surface area contributed by atoms with Gasteiger partial charge in [-0.2, -0.15) is 0 Å². The van der Waals surface area contributed by atoms with Crippen molar-refractivity contribution in [1.29, 1.82) is 0 Å². The van der Waals surface area contributed by atoms with Crippen LogP contribution in [-0.2, 0) is 9.53 Å². The Labute approximate surface area is 110 Å². The van der Waals surface area contributed by atoms with Gasteiger partial charge in [0.15, 0.2) is 0 Å². The van der Waals surface area contributed by atoms with E-state index in [4.69, 9.17) is 27.9 Å². The topological polar surface area (TPSA) is 38.3 Å². The van der Waals surface area contributed by atoms with Crippen LogP contribution >= 0.6 is 23.2 Å². The lowest BCUT2D eigenvalue weighted by molar-refractivity contribution is -0.137. The largest absolute Gasteiger partial charge is 0.463 e. The Kier molecular flexibility index (Phi) is 5.32. The molecule has 0 heterocycles. The molecule has 0 aliphatic heterocycles. The van der Waals surface area contributed by atoms with Crippen LogP contribution in [0.5, 0.6) is 0 Å². The highest BCUT2D eigenvalue weighted by molar-refractivity contribution is 6.42. The Bertz CT molecular complexity index is 444. The minimum atomic E-state index is -0.400. The first-order chi connectivity index (χ1) is 8.08. The first-order valence-electron chi connectivity index (χ1n) is 5.10. The molecule has 0 aliphatic rings. The van der Waals surface area contributed by atoms with E-state index in [1.54, 1.807) is 32.2 Å². The van der Waals surface area contributed by atoms with E-state index >= 15 is 0 Å². The number of ether oxygens (including phenoxy) is 1. The molecule has 1 N–H and O–H groups in total. The number of hydrogen-bond donors (Lipinski definition) is 1. The number of hydrogen-bond acceptors (Lipinski definition) is 3. The molecule has 0 aromatic heterocycles. The van der Waals surface area contributed by atoms with E-state index in [0.717, 1.165) is 5.56 Å². The molecular weight excluding hydrogens is 261 g/mol. The minimum absolute atomic E-state index is 0.341. The quantitative estimate of drug-likeness (QED) is 0.677. The van der Waals surface area contributed by atoms with Crippen molar-refractivity contribution in [2.24, 2.45) is 0 Å². The molecule has 5 heteroatoms. The van der Waals surface area contributed by atoms with Crippen LogP contribution in [0.2, 0.25) is 10.0 Å². The molecule has 1 rings (SSSR count). The molecule has 0 saturated heterocycles. The van der Waals surface area contributed by atoms with Crippen molar-refractivity contribution in [3.63, 3.8) is 0 Å². The molecule has 3 nitrogen and oxygen atoms in total. The van der Waals surface area contributed by atoms with Crippen LogP contribution in [0.25, 0.3) is 5.70 Å². The maximum Gasteiger partial charge on any atom is 0.332 e. The minimum Gasteiger partial charge on any atom is -0.463 e. The maximum atomic E-state index is 11.3. The number of nitrogens with one attached hydrogen (secondary N) is 1. The second-order valence-electron chi connectivity index (χ2n) is 3.19. The Morgan fingerprint density at radius 2 is 2.12 bits per heavy atom. The van der Waals surface area contributed by atoms with E-state index in [-0.39, 0.29) is 0 Å². The van der Waals surface area contributed by atoms with E-state index in [1.807, 2.05) is 0 Å². The van der Waals surface area contributed by atoms with Gasteiger partial charge in [0, 0.05) is 18.8 Å². The van der Waals surface area contributed by atoms with Gasteiger partial charge in [0.25, 0.3) is 0 Å². The number of esters is 1. The lowest BCUT2D eigenvalue weighted by Gasteiger charge is -2.08. The van der Waals surface area contributed by atoms with Gasteiger partial charge in [0.2, 0.25) is 0 Å². The van der Waals surface area contributed by atoms with Crippen molar-refractivity contribution in [3.05, 3.63) is 39.9 Å². The Morgan fingerprint density at radius 1 is 1.41 bits per heavy atom. The third-order valence-electron chi connectivity index (χ3n) is 2.05. The Morgan fingerprint density at radius 3 is 2.65 bits per heavy atom. The second-order valence-corrected chi connectivity index (χ2v) is 4.00. The maximum absolute atomic E-state index is 11.3. The standard InChI is InChI=1S/C12H13Cl2NO2/c1-3-17-12(16)7-11(15-2)8-4-5-9(13)10(14)6-8/h4-7,15H,3H2,1-2H3/b11-7-. The van der Waals surface area contributed by atoms with Gasteiger partial charge in [-0.25, -0.2) is 4.79 Å². The first kappa shape index (κ1) is 13.9. The summed E-state index contributed by atoms with van der Waals surface area (Å²) >= 11 is 11.7. The summed E-state index contributed by atoms with van der Waals surface area (Å²) in [5.74, 6) is -0.400. The van der Waals surface area contributed by atoms with Crippen molar-refractivity contribution in [2.45, 2.75) is 6.92 Å². The van der Waals surface area contributed by atoms with Crippen LogP contribution in [0.15, 0.2) is 24.3 Å². The van der Waals surface area contributed by atoms with Crippen LogP contribution in [0.4, 0.5) is 0 Å². The molecule has 17 heavy (non-hydrogen) atoms. The summed E-state index contributed by atoms with van der Waals surface area (Å²) in [4.78, 5) is 11.3. The number of benzene rings is 1. The number of carbonyl (C=O) groups excluding carboxylic acids is 1. The van der Waals surface area contributed by atoms with Crippen LogP contribution < -0.4 is 5.32 Å². The lowest BCUT2D eigenvalue weighted by atomic mass is 10.1. The summed E-state index contributed by atoms with van der Waals surface area (Å²) in [6, 6.07) is 5.14. The smallest absolute Gasteiger partial charge is 0.332 e. The van der Waals surface area contributed by atoms with Crippen molar-refractivity contribution >= 4 is 34.9 Å². The van der Waals surface area contributed by atoms with Crippen molar-refractivity contribution in [2.75, 3.05) is 13.7 Å². The predicted molar refractivity (Wildman–Crippen MR) is 70.1 cm³/mol. The van der Waals surface area contributed by atoms with Gasteiger partial charge in [0.1, 0.15) is 0 Å². The van der Waals surface area contributed by atoms with Gasteiger partial charge < -0.3 is 10.1 Å². The normalized spacial score (nSPS) is 11.2. The summed E-state index contributed by atoms with van der Waals surface area (Å²) in [6.07, 6.45) is 1.38. The molecule has 0 saturated carbocycles. The van der Waals surface area contributed by atoms with Crippen LogP contribution in [0, 0.1) is 0 Å². The monoisotopic (exact) mass is 273 g/mol. The third-order valence-corrected chi connectivity index (χ3v) is 2.79. The molecular formula is C12H13Cl2NO2. The van der Waals surface area contributed by atoms with Gasteiger partial charge in [-0.05, 0) is 24.6 Å². The molecule has 0 aliphatic carbocycles. The van der Waals surface area contributed by atoms with Gasteiger partial charge in [-0.1, -0.05) is 29.3 Å². The molecule has 1 aromatic carbocycles. The molecule has 0 spiro atoms. The van der Waals surface area contributed by atoms with E-state index in [9.17, 15) is 4.79 Å². The van der Waals surface area contributed by atoms with Crippen LogP contribution in [0.1, 0.15) is 12.5 Å². The molecule has 0 amide bonds. The van der Waals surface area contributed by atoms with E-state index in [2.05, 4.69) is 5.32 Å². The highest BCUT2D eigenvalue weighted by Crippen LogP contribution is 2.25. The SMILES string of the molecule is CCOC(=O)/C=C(\NC)c1ccc(Cl)c(Cl)c1. The van der Waals surface area contributed by atoms with Crippen molar-refractivity contribution < 1.29 is 9.53 Å². The zero-order valence-electron chi connectivity index (χ0n) is 9.59. The zero-order chi connectivity index (χ0) is 12.8. The number of rotatable bonds is 4. The van der Waals surface area contributed by atoms with Crippen molar-refractivity contribution in [3.8, 4) is 0 Å². The summed E-state index contributed by atoms with van der Waals surface area (Å²) < 4.78 is 4.84. The van der Waals surface area contributed by atoms with Crippen LogP contribution in [0.3, 0.4) is 0 Å². The first-order valence-corrected chi connectivity index (χ1v) is 5.85. The molecule has 0 atom stereocenters. The van der Waals surface area contributed by atoms with Crippen molar-refractivity contribution in [1.82, 2.24) is 5.32 Å². The zero-order valence-corrected chi connectivity index (χ0v) is 11.1. The second kappa shape index (κ2) is 6.52. The highest BCUT2D eigenvalue weighted by Gasteiger charge is 2.06. The molecule has 0 radical (unpaired) electrons. The summed E-state index contributed by atoms with van der Waals surface area (Å²) in [5.41, 5.74) is 1.40. The Balaban J connectivity index is 3.01. The lowest BCUT2D eigenvalue weighted by Crippen LogP contribution is -2.09. The summed E-state index contributed by atoms with van der Waals surface area (Å²) in [6.45, 7) is 2.09. The molecule has 92 valence electrons. The fraction of sp³-hybridized carbons (Fsp3) is 0.250. The Hall–Kier alpha value is -1.19. The fourth-order valence-corrected chi connectivity index (χ4v) is 1.56.